The Morgan fingerprint density at radius 1 is 1.37 bits per heavy atom. The van der Waals surface area contributed by atoms with Gasteiger partial charge in [0.25, 0.3) is 0 Å². The first-order valence-corrected chi connectivity index (χ1v) is 7.11. The SMILES string of the molecule is COCC[C@H]1CN(CC(=O)N2CCNCC2)CCO1. The van der Waals surface area contributed by atoms with Gasteiger partial charge in [-0.25, -0.2) is 0 Å². The first-order chi connectivity index (χ1) is 9.29. The molecule has 0 bridgehead atoms. The van der Waals surface area contributed by atoms with Crippen LogP contribution in [0.3, 0.4) is 0 Å². The summed E-state index contributed by atoms with van der Waals surface area (Å²) in [6.07, 6.45) is 1.10. The molecule has 0 unspecified atom stereocenters. The number of piperazine rings is 1. The van der Waals surface area contributed by atoms with Gasteiger partial charge < -0.3 is 19.7 Å². The van der Waals surface area contributed by atoms with Gasteiger partial charge >= 0.3 is 0 Å². The number of methoxy groups -OCH3 is 1. The lowest BCUT2D eigenvalue weighted by atomic mass is 10.2. The van der Waals surface area contributed by atoms with Crippen LogP contribution in [-0.4, -0.2) is 87.9 Å². The average molecular weight is 271 g/mol. The third-order valence-electron chi connectivity index (χ3n) is 3.70. The molecule has 2 heterocycles. The van der Waals surface area contributed by atoms with Gasteiger partial charge in [-0.1, -0.05) is 0 Å². The lowest BCUT2D eigenvalue weighted by Crippen LogP contribution is -2.52. The number of nitrogens with one attached hydrogen (secondary N) is 1. The lowest BCUT2D eigenvalue weighted by Gasteiger charge is -2.35. The molecule has 110 valence electrons. The van der Waals surface area contributed by atoms with Gasteiger partial charge in [-0.2, -0.15) is 0 Å². The van der Waals surface area contributed by atoms with Gasteiger partial charge in [-0.15, -0.1) is 0 Å². The van der Waals surface area contributed by atoms with Crippen LogP contribution in [0.2, 0.25) is 0 Å². The molecular weight excluding hydrogens is 246 g/mol. The van der Waals surface area contributed by atoms with Gasteiger partial charge in [0.05, 0.1) is 19.3 Å². The highest BCUT2D eigenvalue weighted by atomic mass is 16.5. The third-order valence-corrected chi connectivity index (χ3v) is 3.70. The predicted octanol–water partition coefficient (Wildman–Crippen LogP) is -0.844. The van der Waals surface area contributed by atoms with Crippen molar-refractivity contribution < 1.29 is 14.3 Å². The van der Waals surface area contributed by atoms with Crippen molar-refractivity contribution in [3.63, 3.8) is 0 Å². The van der Waals surface area contributed by atoms with E-state index in [1.54, 1.807) is 7.11 Å². The largest absolute Gasteiger partial charge is 0.385 e. The first-order valence-electron chi connectivity index (χ1n) is 7.11. The van der Waals surface area contributed by atoms with Crippen molar-refractivity contribution in [2.24, 2.45) is 0 Å². The maximum Gasteiger partial charge on any atom is 0.236 e. The smallest absolute Gasteiger partial charge is 0.236 e. The van der Waals surface area contributed by atoms with Crippen molar-refractivity contribution in [3.05, 3.63) is 0 Å². The summed E-state index contributed by atoms with van der Waals surface area (Å²) in [5.74, 6) is 0.244. The van der Waals surface area contributed by atoms with Crippen LogP contribution in [-0.2, 0) is 14.3 Å². The van der Waals surface area contributed by atoms with E-state index < -0.39 is 0 Å². The Morgan fingerprint density at radius 3 is 2.89 bits per heavy atom. The highest BCUT2D eigenvalue weighted by Gasteiger charge is 2.24. The van der Waals surface area contributed by atoms with E-state index in [1.807, 2.05) is 4.90 Å². The minimum atomic E-state index is 0.199. The molecule has 0 saturated carbocycles. The fourth-order valence-electron chi connectivity index (χ4n) is 2.55. The van der Waals surface area contributed by atoms with Crippen molar-refractivity contribution in [1.82, 2.24) is 15.1 Å². The lowest BCUT2D eigenvalue weighted by molar-refractivity contribution is -0.135. The van der Waals surface area contributed by atoms with E-state index in [9.17, 15) is 4.79 Å². The van der Waals surface area contributed by atoms with E-state index in [1.165, 1.54) is 0 Å². The number of ether oxygens (including phenoxy) is 2. The minimum absolute atomic E-state index is 0.199. The fraction of sp³-hybridized carbons (Fsp3) is 0.923. The van der Waals surface area contributed by atoms with E-state index in [0.717, 1.165) is 45.7 Å². The Hall–Kier alpha value is -0.690. The molecule has 0 aromatic carbocycles. The standard InChI is InChI=1S/C13H25N3O3/c1-18-8-2-12-10-15(7-9-19-12)11-13(17)16-5-3-14-4-6-16/h12,14H,2-11H2,1H3/t12-/m0/s1. The van der Waals surface area contributed by atoms with Gasteiger partial charge in [0.15, 0.2) is 0 Å². The summed E-state index contributed by atoms with van der Waals surface area (Å²) in [6, 6.07) is 0. The van der Waals surface area contributed by atoms with Crippen LogP contribution in [0.5, 0.6) is 0 Å². The average Bonchev–Trinajstić information content (AvgIpc) is 2.46. The van der Waals surface area contributed by atoms with Crippen LogP contribution in [0, 0.1) is 0 Å². The summed E-state index contributed by atoms with van der Waals surface area (Å²) in [7, 11) is 1.70. The fourth-order valence-corrected chi connectivity index (χ4v) is 2.55. The molecule has 6 heteroatoms. The number of hydrogen-bond acceptors (Lipinski definition) is 5. The van der Waals surface area contributed by atoms with E-state index in [-0.39, 0.29) is 12.0 Å². The Balaban J connectivity index is 1.73. The highest BCUT2D eigenvalue weighted by molar-refractivity contribution is 5.78. The summed E-state index contributed by atoms with van der Waals surface area (Å²) in [5, 5.41) is 3.26. The maximum absolute atomic E-state index is 12.2. The second-order valence-corrected chi connectivity index (χ2v) is 5.14. The van der Waals surface area contributed by atoms with Crippen molar-refractivity contribution in [1.29, 1.82) is 0 Å². The van der Waals surface area contributed by atoms with Gasteiger partial charge in [0.2, 0.25) is 5.91 Å². The van der Waals surface area contributed by atoms with Crippen LogP contribution in [0.1, 0.15) is 6.42 Å². The number of hydrogen-bond donors (Lipinski definition) is 1. The summed E-state index contributed by atoms with van der Waals surface area (Å²) >= 11 is 0. The van der Waals surface area contributed by atoms with Crippen molar-refractivity contribution in [3.8, 4) is 0 Å². The van der Waals surface area contributed by atoms with E-state index in [2.05, 4.69) is 10.2 Å². The number of amides is 1. The molecule has 1 atom stereocenters. The molecule has 0 aromatic heterocycles. The van der Waals surface area contributed by atoms with Crippen molar-refractivity contribution in [2.45, 2.75) is 12.5 Å². The quantitative estimate of drug-likeness (QED) is 0.706. The number of rotatable bonds is 5. The number of nitrogens with zero attached hydrogens (tertiary/aromatic N) is 2. The molecule has 1 amide bonds. The topological polar surface area (TPSA) is 54.0 Å². The molecule has 2 rings (SSSR count). The van der Waals surface area contributed by atoms with Gasteiger partial charge in [0.1, 0.15) is 0 Å². The number of carbonyl (C=O) groups is 1. The summed E-state index contributed by atoms with van der Waals surface area (Å²) in [4.78, 5) is 16.3. The third kappa shape index (κ3) is 4.72. The van der Waals surface area contributed by atoms with Gasteiger partial charge in [0, 0.05) is 53.0 Å². The molecule has 0 spiro atoms. The molecule has 2 saturated heterocycles. The van der Waals surface area contributed by atoms with Crippen LogP contribution in [0.25, 0.3) is 0 Å². The maximum atomic E-state index is 12.2. The zero-order valence-electron chi connectivity index (χ0n) is 11.8. The van der Waals surface area contributed by atoms with Gasteiger partial charge in [-0.3, -0.25) is 9.69 Å². The first kappa shape index (κ1) is 14.7. The van der Waals surface area contributed by atoms with Crippen LogP contribution in [0.15, 0.2) is 0 Å². The van der Waals surface area contributed by atoms with E-state index in [0.29, 0.717) is 19.8 Å². The zero-order valence-corrected chi connectivity index (χ0v) is 11.8. The van der Waals surface area contributed by atoms with Crippen LogP contribution < -0.4 is 5.32 Å². The monoisotopic (exact) mass is 271 g/mol. The number of carbonyl (C=O) groups excluding carboxylic acids is 1. The molecule has 2 aliphatic rings. The summed E-state index contributed by atoms with van der Waals surface area (Å²) < 4.78 is 10.8. The van der Waals surface area contributed by atoms with Crippen molar-refractivity contribution in [2.75, 3.05) is 66.1 Å². The molecule has 0 radical (unpaired) electrons. The Bertz CT molecular complexity index is 282. The molecule has 0 aliphatic carbocycles. The highest BCUT2D eigenvalue weighted by Crippen LogP contribution is 2.09. The predicted molar refractivity (Wildman–Crippen MR) is 72.1 cm³/mol. The molecule has 1 N–H and O–H groups in total. The van der Waals surface area contributed by atoms with E-state index in [4.69, 9.17) is 9.47 Å². The molecule has 6 nitrogen and oxygen atoms in total. The number of morpholine rings is 1. The Kier molecular flexibility index (Phi) is 6.03. The molecule has 2 aliphatic heterocycles. The second-order valence-electron chi connectivity index (χ2n) is 5.14. The normalized spacial score (nSPS) is 25.5. The van der Waals surface area contributed by atoms with Crippen LogP contribution >= 0.6 is 0 Å². The molecule has 0 aromatic rings. The van der Waals surface area contributed by atoms with Crippen LogP contribution in [0.4, 0.5) is 0 Å². The second kappa shape index (κ2) is 7.79. The minimum Gasteiger partial charge on any atom is -0.385 e. The Labute approximate surface area is 115 Å². The zero-order chi connectivity index (χ0) is 13.5. The van der Waals surface area contributed by atoms with E-state index >= 15 is 0 Å². The molecular formula is C13H25N3O3. The summed E-state index contributed by atoms with van der Waals surface area (Å²) in [6.45, 7) is 7.10. The Morgan fingerprint density at radius 2 is 2.16 bits per heavy atom. The van der Waals surface area contributed by atoms with Gasteiger partial charge in [-0.05, 0) is 6.42 Å². The molecule has 2 fully saturated rings. The summed E-state index contributed by atoms with van der Waals surface area (Å²) in [5.41, 5.74) is 0. The van der Waals surface area contributed by atoms with Crippen molar-refractivity contribution >= 4 is 5.91 Å². The molecule has 19 heavy (non-hydrogen) atoms.